The molecule has 1 aliphatic rings. The van der Waals surface area contributed by atoms with Gasteiger partial charge in [-0.05, 0) is 51.6 Å². The van der Waals surface area contributed by atoms with Crippen LogP contribution in [0.4, 0.5) is 4.39 Å². The highest BCUT2D eigenvalue weighted by atomic mass is 19.1. The standard InChI is InChI=1S/C18H25FN4O2/c1-13-6-7-23-15(11-13)20-16(17(23)19)18(24)22(9-8-21(2)3)12-14-5-4-10-25-14/h6-7,11,14H,4-5,8-10,12H2,1-3H3. The van der Waals surface area contributed by atoms with Gasteiger partial charge in [-0.15, -0.1) is 0 Å². The van der Waals surface area contributed by atoms with Crippen molar-refractivity contribution in [3.05, 3.63) is 35.5 Å². The Morgan fingerprint density at radius 2 is 2.24 bits per heavy atom. The summed E-state index contributed by atoms with van der Waals surface area (Å²) in [5.74, 6) is -0.988. The third-order valence-electron chi connectivity index (χ3n) is 4.48. The number of carbonyl (C=O) groups is 1. The molecule has 1 aliphatic heterocycles. The Hall–Kier alpha value is -1.99. The van der Waals surface area contributed by atoms with Crippen molar-refractivity contribution in [2.45, 2.75) is 25.9 Å². The van der Waals surface area contributed by atoms with E-state index in [2.05, 4.69) is 4.98 Å². The zero-order valence-corrected chi connectivity index (χ0v) is 15.0. The molecule has 1 unspecified atom stereocenters. The van der Waals surface area contributed by atoms with Gasteiger partial charge in [0.25, 0.3) is 5.91 Å². The van der Waals surface area contributed by atoms with Gasteiger partial charge < -0.3 is 14.5 Å². The first-order chi connectivity index (χ1) is 12.0. The molecule has 6 nitrogen and oxygen atoms in total. The van der Waals surface area contributed by atoms with Crippen molar-refractivity contribution < 1.29 is 13.9 Å². The molecule has 0 aromatic carbocycles. The molecule has 2 aromatic heterocycles. The van der Waals surface area contributed by atoms with Crippen LogP contribution in [0.2, 0.25) is 0 Å². The molecule has 1 saturated heterocycles. The van der Waals surface area contributed by atoms with Gasteiger partial charge in [-0.1, -0.05) is 0 Å². The van der Waals surface area contributed by atoms with E-state index in [1.807, 2.05) is 25.9 Å². The second kappa shape index (κ2) is 7.49. The van der Waals surface area contributed by atoms with E-state index in [9.17, 15) is 9.18 Å². The number of ether oxygens (including phenoxy) is 1. The summed E-state index contributed by atoms with van der Waals surface area (Å²) in [6.45, 7) is 4.32. The molecule has 0 N–H and O–H groups in total. The molecule has 0 spiro atoms. The van der Waals surface area contributed by atoms with Gasteiger partial charge >= 0.3 is 0 Å². The van der Waals surface area contributed by atoms with Crippen molar-refractivity contribution in [2.75, 3.05) is 40.3 Å². The first kappa shape index (κ1) is 17.8. The van der Waals surface area contributed by atoms with Crippen molar-refractivity contribution in [3.8, 4) is 0 Å². The lowest BCUT2D eigenvalue weighted by Crippen LogP contribution is -2.41. The number of hydrogen-bond donors (Lipinski definition) is 0. The highest BCUT2D eigenvalue weighted by Crippen LogP contribution is 2.18. The van der Waals surface area contributed by atoms with E-state index >= 15 is 0 Å². The molecule has 0 saturated carbocycles. The molecular formula is C18H25FN4O2. The van der Waals surface area contributed by atoms with Gasteiger partial charge in [0.1, 0.15) is 5.65 Å². The fourth-order valence-corrected chi connectivity index (χ4v) is 3.03. The number of nitrogens with zero attached hydrogens (tertiary/aromatic N) is 4. The van der Waals surface area contributed by atoms with Crippen LogP contribution in [-0.4, -0.2) is 71.5 Å². The van der Waals surface area contributed by atoms with Crippen LogP contribution in [0, 0.1) is 12.9 Å². The second-order valence-electron chi connectivity index (χ2n) is 6.87. The Morgan fingerprint density at radius 3 is 2.92 bits per heavy atom. The van der Waals surface area contributed by atoms with Crippen LogP contribution in [0.3, 0.4) is 0 Å². The summed E-state index contributed by atoms with van der Waals surface area (Å²) in [6.07, 6.45) is 3.56. The summed E-state index contributed by atoms with van der Waals surface area (Å²) in [5.41, 5.74) is 1.30. The number of likely N-dealkylation sites (N-methyl/N-ethyl adjacent to an activating group) is 1. The summed E-state index contributed by atoms with van der Waals surface area (Å²) in [5, 5.41) is 0. The number of pyridine rings is 1. The monoisotopic (exact) mass is 348 g/mol. The van der Waals surface area contributed by atoms with Crippen molar-refractivity contribution in [1.82, 2.24) is 19.2 Å². The highest BCUT2D eigenvalue weighted by Gasteiger charge is 2.28. The van der Waals surface area contributed by atoms with Crippen LogP contribution in [0.5, 0.6) is 0 Å². The molecular weight excluding hydrogens is 323 g/mol. The van der Waals surface area contributed by atoms with E-state index in [1.165, 1.54) is 4.40 Å². The number of aromatic nitrogens is 2. The van der Waals surface area contributed by atoms with E-state index in [1.54, 1.807) is 23.2 Å². The molecule has 7 heteroatoms. The topological polar surface area (TPSA) is 50.1 Å². The first-order valence-electron chi connectivity index (χ1n) is 8.65. The van der Waals surface area contributed by atoms with Crippen LogP contribution in [0.1, 0.15) is 28.9 Å². The molecule has 3 heterocycles. The average Bonchev–Trinajstić information content (AvgIpc) is 3.18. The van der Waals surface area contributed by atoms with Gasteiger partial charge in [0, 0.05) is 32.4 Å². The van der Waals surface area contributed by atoms with Crippen molar-refractivity contribution >= 4 is 11.6 Å². The van der Waals surface area contributed by atoms with Crippen molar-refractivity contribution in [3.63, 3.8) is 0 Å². The van der Waals surface area contributed by atoms with Gasteiger partial charge in [-0.25, -0.2) is 4.98 Å². The molecule has 0 bridgehead atoms. The maximum atomic E-state index is 14.7. The molecule has 1 fully saturated rings. The fourth-order valence-electron chi connectivity index (χ4n) is 3.03. The Kier molecular flexibility index (Phi) is 5.34. The molecule has 136 valence electrons. The number of halogens is 1. The van der Waals surface area contributed by atoms with Gasteiger partial charge in [-0.3, -0.25) is 9.20 Å². The van der Waals surface area contributed by atoms with Crippen molar-refractivity contribution in [1.29, 1.82) is 0 Å². The number of carbonyl (C=O) groups excluding carboxylic acids is 1. The van der Waals surface area contributed by atoms with E-state index in [-0.39, 0.29) is 17.7 Å². The molecule has 3 rings (SSSR count). The quantitative estimate of drug-likeness (QED) is 0.801. The lowest BCUT2D eigenvalue weighted by molar-refractivity contribution is 0.0504. The van der Waals surface area contributed by atoms with E-state index in [4.69, 9.17) is 4.74 Å². The van der Waals surface area contributed by atoms with Crippen LogP contribution in [-0.2, 0) is 4.74 Å². The van der Waals surface area contributed by atoms with Gasteiger partial charge in [-0.2, -0.15) is 4.39 Å². The second-order valence-corrected chi connectivity index (χ2v) is 6.87. The third-order valence-corrected chi connectivity index (χ3v) is 4.48. The number of aryl methyl sites for hydroxylation is 1. The Balaban J connectivity index is 1.86. The molecule has 1 atom stereocenters. The summed E-state index contributed by atoms with van der Waals surface area (Å²) in [4.78, 5) is 20.9. The Labute approximate surface area is 147 Å². The SMILES string of the molecule is Cc1ccn2c(F)c(C(=O)N(CCN(C)C)CC3CCCO3)nc2c1. The highest BCUT2D eigenvalue weighted by molar-refractivity contribution is 5.93. The van der Waals surface area contributed by atoms with E-state index in [0.717, 1.165) is 25.0 Å². The predicted octanol–water partition coefficient (Wildman–Crippen LogP) is 1.96. The van der Waals surface area contributed by atoms with Crippen molar-refractivity contribution in [2.24, 2.45) is 0 Å². The maximum Gasteiger partial charge on any atom is 0.277 e. The molecule has 0 radical (unpaired) electrons. The zero-order valence-electron chi connectivity index (χ0n) is 15.0. The van der Waals surface area contributed by atoms with Crippen LogP contribution in [0.25, 0.3) is 5.65 Å². The predicted molar refractivity (Wildman–Crippen MR) is 93.3 cm³/mol. The minimum atomic E-state index is -0.609. The summed E-state index contributed by atoms with van der Waals surface area (Å²) < 4.78 is 21.7. The van der Waals surface area contributed by atoms with E-state index < -0.39 is 5.95 Å². The van der Waals surface area contributed by atoms with Crippen LogP contribution < -0.4 is 0 Å². The molecule has 2 aromatic rings. The lowest BCUT2D eigenvalue weighted by atomic mass is 10.2. The number of amides is 1. The van der Waals surface area contributed by atoms with Gasteiger partial charge in [0.2, 0.25) is 5.95 Å². The van der Waals surface area contributed by atoms with Gasteiger partial charge in [0.15, 0.2) is 5.69 Å². The lowest BCUT2D eigenvalue weighted by Gasteiger charge is -2.26. The number of imidazole rings is 1. The summed E-state index contributed by atoms with van der Waals surface area (Å²) in [6, 6.07) is 3.56. The number of hydrogen-bond acceptors (Lipinski definition) is 4. The fraction of sp³-hybridized carbons (Fsp3) is 0.556. The molecule has 25 heavy (non-hydrogen) atoms. The maximum absolute atomic E-state index is 14.7. The normalized spacial score (nSPS) is 17.6. The van der Waals surface area contributed by atoms with E-state index in [0.29, 0.717) is 25.3 Å². The zero-order chi connectivity index (χ0) is 18.0. The van der Waals surface area contributed by atoms with Crippen LogP contribution in [0.15, 0.2) is 18.3 Å². The van der Waals surface area contributed by atoms with Crippen LogP contribution >= 0.6 is 0 Å². The first-order valence-corrected chi connectivity index (χ1v) is 8.65. The Morgan fingerprint density at radius 1 is 1.44 bits per heavy atom. The largest absolute Gasteiger partial charge is 0.376 e. The number of rotatable bonds is 6. The summed E-state index contributed by atoms with van der Waals surface area (Å²) in [7, 11) is 3.89. The number of fused-ring (bicyclic) bond motifs is 1. The minimum Gasteiger partial charge on any atom is -0.376 e. The Bertz CT molecular complexity index is 753. The molecule has 0 aliphatic carbocycles. The smallest absolute Gasteiger partial charge is 0.277 e. The van der Waals surface area contributed by atoms with Gasteiger partial charge in [0.05, 0.1) is 6.10 Å². The average molecular weight is 348 g/mol. The third kappa shape index (κ3) is 3.99. The minimum absolute atomic E-state index is 0.0217. The molecule has 1 amide bonds. The summed E-state index contributed by atoms with van der Waals surface area (Å²) >= 11 is 0.